The summed E-state index contributed by atoms with van der Waals surface area (Å²) in [5.41, 5.74) is 9.55. The average molecular weight is 1800 g/mol. The fraction of sp³-hybridized carbons (Fsp3) is 0.774. The Morgan fingerprint density at radius 2 is 0.898 bits per heavy atom. The highest BCUT2D eigenvalue weighted by atomic mass is 19.1. The summed E-state index contributed by atoms with van der Waals surface area (Å²) in [6.45, 7) is 57.7. The van der Waals surface area contributed by atoms with E-state index in [1.54, 1.807) is 14.2 Å². The first kappa shape index (κ1) is 116. The highest BCUT2D eigenvalue weighted by Gasteiger charge is 2.40. The van der Waals surface area contributed by atoms with Crippen molar-refractivity contribution in [1.82, 2.24) is 56.8 Å². The van der Waals surface area contributed by atoms with Crippen LogP contribution in [0.4, 0.5) is 13.2 Å². The van der Waals surface area contributed by atoms with Gasteiger partial charge in [0.25, 0.3) is 0 Å². The molecular weight excluding hydrogens is 1610 g/mol. The lowest BCUT2D eigenvalue weighted by molar-refractivity contribution is -0.0896. The van der Waals surface area contributed by atoms with Gasteiger partial charge >= 0.3 is 0 Å². The van der Waals surface area contributed by atoms with Gasteiger partial charge in [0.05, 0.1) is 68.8 Å². The minimum absolute atomic E-state index is 0.176. The van der Waals surface area contributed by atoms with E-state index in [-0.39, 0.29) is 37.0 Å². The molecule has 3 aromatic carbocycles. The molecule has 0 radical (unpaired) electrons. The predicted octanol–water partition coefficient (Wildman–Crippen LogP) is 19.2. The fourth-order valence-corrected chi connectivity index (χ4v) is 15.6. The highest BCUT2D eigenvalue weighted by Crippen LogP contribution is 2.41. The lowest BCUT2D eigenvalue weighted by Crippen LogP contribution is -2.47. The lowest BCUT2D eigenvalue weighted by Gasteiger charge is -2.36. The minimum Gasteiger partial charge on any atom is -0.393 e. The molecule has 6 saturated carbocycles. The van der Waals surface area contributed by atoms with Crippen LogP contribution in [0.1, 0.15) is 289 Å². The van der Waals surface area contributed by atoms with Crippen LogP contribution in [0.3, 0.4) is 0 Å². The number of aromatic nitrogens is 4. The third kappa shape index (κ3) is 51.1. The molecule has 5 aromatic rings. The van der Waals surface area contributed by atoms with Gasteiger partial charge in [0.1, 0.15) is 18.5 Å². The summed E-state index contributed by atoms with van der Waals surface area (Å²) in [4.78, 5) is 0. The van der Waals surface area contributed by atoms with Gasteiger partial charge in [-0.15, -0.1) is 0 Å². The summed E-state index contributed by atoms with van der Waals surface area (Å²) in [5, 5.41) is 51.2. The van der Waals surface area contributed by atoms with Gasteiger partial charge in [-0.2, -0.15) is 10.2 Å². The topological polar surface area (TPSA) is 216 Å². The quantitative estimate of drug-likeness (QED) is 0.0228. The second-order valence-electron chi connectivity index (χ2n) is 41.5. The molecule has 19 nitrogen and oxygen atoms in total. The molecule has 0 amide bonds. The largest absolute Gasteiger partial charge is 0.393 e. The van der Waals surface area contributed by atoms with E-state index in [9.17, 15) is 23.4 Å². The molecule has 15 atom stereocenters. The second-order valence-corrected chi connectivity index (χ2v) is 41.5. The number of halogens is 3. The second kappa shape index (κ2) is 62.8. The molecule has 15 rings (SSSR count). The Bertz CT molecular complexity index is 3420. The molecular formula is C106H188F3N11O8. The third-order valence-electron chi connectivity index (χ3n) is 24.2. The molecule has 22 heteroatoms. The number of hydrogen-bond acceptors (Lipinski definition) is 17. The molecule has 5 heterocycles. The number of rotatable bonds is 28. The lowest BCUT2D eigenvalue weighted by atomic mass is 9.81. The van der Waals surface area contributed by atoms with Crippen molar-refractivity contribution in [3.63, 3.8) is 0 Å². The Balaban J connectivity index is 0.000000294. The molecule has 128 heavy (non-hydrogen) atoms. The first-order valence-corrected chi connectivity index (χ1v) is 49.7. The monoisotopic (exact) mass is 1800 g/mol. The molecule has 3 aliphatic heterocycles. The number of hydrogen-bond donors (Lipinski definition) is 9. The summed E-state index contributed by atoms with van der Waals surface area (Å²) in [5.74, 6) is 5.09. The summed E-state index contributed by atoms with van der Waals surface area (Å²) in [7, 11) is 7.60. The smallest absolute Gasteiger partial charge is 0.149 e. The van der Waals surface area contributed by atoms with Crippen molar-refractivity contribution in [2.75, 3.05) is 47.3 Å². The molecule has 7 aliphatic carbocycles. The van der Waals surface area contributed by atoms with Crippen LogP contribution in [0.25, 0.3) is 0 Å². The summed E-state index contributed by atoms with van der Waals surface area (Å²) >= 11 is 0. The first-order chi connectivity index (χ1) is 60.5. The normalized spacial score (nSPS) is 26.3. The maximum Gasteiger partial charge on any atom is 0.149 e. The third-order valence-corrected chi connectivity index (χ3v) is 24.2. The van der Waals surface area contributed by atoms with Crippen LogP contribution < -0.4 is 37.2 Å². The zero-order valence-corrected chi connectivity index (χ0v) is 85.5. The van der Waals surface area contributed by atoms with E-state index in [0.717, 1.165) is 75.7 Å². The minimum atomic E-state index is -0.933. The van der Waals surface area contributed by atoms with E-state index >= 15 is 0 Å². The van der Waals surface area contributed by atoms with Gasteiger partial charge in [0.2, 0.25) is 0 Å². The predicted molar refractivity (Wildman–Crippen MR) is 527 cm³/mol. The number of alkyl halides is 3. The molecule has 2 aromatic heterocycles. The van der Waals surface area contributed by atoms with Gasteiger partial charge in [-0.25, -0.2) is 13.2 Å². The van der Waals surface area contributed by atoms with Crippen molar-refractivity contribution in [3.8, 4) is 0 Å². The summed E-state index contributed by atoms with van der Waals surface area (Å²) in [6.07, 6.45) is 22.0. The van der Waals surface area contributed by atoms with Gasteiger partial charge in [0, 0.05) is 151 Å². The van der Waals surface area contributed by atoms with Gasteiger partial charge in [-0.3, -0.25) is 9.36 Å². The van der Waals surface area contributed by atoms with Crippen LogP contribution in [0.2, 0.25) is 0 Å². The van der Waals surface area contributed by atoms with Gasteiger partial charge in [-0.1, -0.05) is 258 Å². The van der Waals surface area contributed by atoms with Crippen LogP contribution in [0.5, 0.6) is 0 Å². The van der Waals surface area contributed by atoms with Gasteiger partial charge in [-0.05, 0) is 178 Å². The molecule has 8 fully saturated rings. The zero-order valence-electron chi connectivity index (χ0n) is 85.5. The number of fused-ring (bicyclic) bond motifs is 2. The number of nitrogens with zero attached hydrogens (tertiary/aromatic N) is 4. The molecule has 0 spiro atoms. The standard InChI is InChI=1S/C12H16O.C11H18N2.2C11H16O.C10H17N3.C9H17FO2.2C8H17NO.C7H15NO.C7H15N.2C6H12FN/c1-9(2)12-7-10-5-3-4-6-11(10)8-13-12;1-8(2)9-4-5-10-7-12-13(3)11(10)6-9;2*1-9(2)11(12)8-10-6-4-3-5-7-10;1-7(2)12-10-4-9(10)8-5-11-13(3)6-8;1-7(2)5-12-9-3-4-11-6-8(9)10;2*1-6(2)9-7-4-8(5-7)10-3;1-6(2)8-7-3-4-9-5-7;1-5(2)8-7-4-6(7)3;2*1-4(2)8-6-3-5(6)7/h3-6,9,12H,7-8H2,1-2H3;7-9H,4-6H2,1-3H3;2*3-7,9,11-12H,8H2,1-2H3;5-7,9-10,12H,4H2,1-3H3;7-9H,3-6H2,1-2H3;2*6-9H,4-5H2,1-3H3;6-8H,3-5H2,1-2H3;5-8H,4H2,1-3H3;2*4-6,8H,3H2,1-2H3/t12-;9-;2*11-;9-,10+;8-,9+;;;7-;6-,7-;2*5-,6+/m101001..0010/s1. The average Bonchev–Trinajstić information content (AvgIpc) is 1.60. The maximum absolute atomic E-state index is 13.0. The number of aryl methyl sites for hydroxylation is 3. The van der Waals surface area contributed by atoms with Crippen LogP contribution in [-0.4, -0.2) is 217 Å². The number of aliphatic hydroxyl groups is 2. The van der Waals surface area contributed by atoms with E-state index < -0.39 is 18.5 Å². The van der Waals surface area contributed by atoms with E-state index in [1.165, 1.54) is 103 Å². The van der Waals surface area contributed by atoms with Crippen LogP contribution >= 0.6 is 0 Å². The number of aliphatic hydroxyl groups excluding tert-OH is 2. The molecule has 0 bridgehead atoms. The highest BCUT2D eigenvalue weighted by molar-refractivity contribution is 5.29. The van der Waals surface area contributed by atoms with Crippen LogP contribution in [0, 0.1) is 41.4 Å². The zero-order chi connectivity index (χ0) is 95.3. The molecule has 9 N–H and O–H groups in total. The number of methoxy groups -OCH3 is 2. The Labute approximate surface area is 777 Å². The Morgan fingerprint density at radius 3 is 1.27 bits per heavy atom. The molecule has 736 valence electrons. The van der Waals surface area contributed by atoms with Crippen molar-refractivity contribution in [2.24, 2.45) is 55.5 Å². The maximum atomic E-state index is 13.0. The van der Waals surface area contributed by atoms with E-state index in [0.29, 0.717) is 134 Å². The Hall–Kier alpha value is -4.73. The van der Waals surface area contributed by atoms with Crippen molar-refractivity contribution in [1.29, 1.82) is 0 Å². The number of ether oxygens (including phenoxy) is 6. The summed E-state index contributed by atoms with van der Waals surface area (Å²) in [6, 6.07) is 36.6. The summed E-state index contributed by atoms with van der Waals surface area (Å²) < 4.78 is 72.8. The van der Waals surface area contributed by atoms with Gasteiger partial charge in [0.15, 0.2) is 0 Å². The van der Waals surface area contributed by atoms with Crippen molar-refractivity contribution in [2.45, 2.75) is 428 Å². The van der Waals surface area contributed by atoms with E-state index in [2.05, 4.69) is 203 Å². The van der Waals surface area contributed by atoms with E-state index in [1.807, 2.05) is 145 Å². The van der Waals surface area contributed by atoms with Crippen molar-refractivity contribution >= 4 is 0 Å². The Kier molecular flexibility index (Phi) is 56.7. The number of benzene rings is 3. The SMILES string of the molecule is CC(C)CO[C@H]1CCOC[C@H]1F.CC(C)N[C@@H]1C[C@@H]1F.CC(C)N[C@@H]1C[C@H]1c1cnn(C)c1.CC(C)N[C@H]1CCOC1.CC(C)N[C@H]1C[C@@H]1C.CC(C)N[C@H]1C[C@H]1F.CC(C)[C@@H](O)Cc1ccccc1.CC(C)[C@H](O)Cc1ccccc1.CC(C)[C@H]1CCc2cnn(C)c2C1.CC(C)[C@H]1Cc2ccccc2CO1.COC1CC(NC(C)C)C1.COC1CC(NC(C)C)C1. The van der Waals surface area contributed by atoms with Crippen LogP contribution in [0.15, 0.2) is 104 Å². The Morgan fingerprint density at radius 1 is 0.461 bits per heavy atom. The first-order valence-electron chi connectivity index (χ1n) is 49.7. The van der Waals surface area contributed by atoms with Crippen molar-refractivity contribution in [3.05, 3.63) is 143 Å². The fourth-order valence-electron chi connectivity index (χ4n) is 15.6. The van der Waals surface area contributed by atoms with E-state index in [4.69, 9.17) is 28.4 Å². The molecule has 10 aliphatic rings. The number of nitrogens with one attached hydrogen (secondary N) is 7. The molecule has 0 unspecified atom stereocenters. The van der Waals surface area contributed by atoms with Crippen LogP contribution in [-0.2, 0) is 81.2 Å². The van der Waals surface area contributed by atoms with Crippen molar-refractivity contribution < 1.29 is 51.8 Å². The molecule has 2 saturated heterocycles. The van der Waals surface area contributed by atoms with Gasteiger partial charge < -0.3 is 75.9 Å².